The molecule has 8 heteroatoms. The summed E-state index contributed by atoms with van der Waals surface area (Å²) in [5.74, 6) is 0.0287. The number of anilines is 1. The quantitative estimate of drug-likeness (QED) is 0.832. The molecule has 0 saturated carbocycles. The molecule has 26 heavy (non-hydrogen) atoms. The summed E-state index contributed by atoms with van der Waals surface area (Å²) in [7, 11) is 0. The van der Waals surface area contributed by atoms with Crippen molar-refractivity contribution in [3.8, 4) is 0 Å². The van der Waals surface area contributed by atoms with Gasteiger partial charge in [-0.05, 0) is 38.1 Å². The van der Waals surface area contributed by atoms with E-state index >= 15 is 0 Å². The number of halogens is 3. The second-order valence-corrected chi connectivity index (χ2v) is 6.76. The molecule has 0 spiro atoms. The van der Waals surface area contributed by atoms with Gasteiger partial charge in [-0.25, -0.2) is 4.39 Å². The van der Waals surface area contributed by atoms with Crippen LogP contribution in [0.4, 0.5) is 10.1 Å². The Bertz CT molecular complexity index is 567. The minimum atomic E-state index is -0.207. The molecule has 0 radical (unpaired) electrons. The topological polar surface area (TPSA) is 38.8 Å². The molecule has 2 aliphatic heterocycles. The first-order valence-corrected chi connectivity index (χ1v) is 8.82. The minimum absolute atomic E-state index is 0. The third kappa shape index (κ3) is 5.22. The van der Waals surface area contributed by atoms with Gasteiger partial charge in [0.2, 0.25) is 5.91 Å². The van der Waals surface area contributed by atoms with Crippen LogP contribution < -0.4 is 10.2 Å². The molecule has 1 aromatic rings. The predicted octanol–water partition coefficient (Wildman–Crippen LogP) is 2.00. The highest BCUT2D eigenvalue weighted by atomic mass is 35.5. The fourth-order valence-electron chi connectivity index (χ4n) is 3.58. The molecule has 2 unspecified atom stereocenters. The summed E-state index contributed by atoms with van der Waals surface area (Å²) in [6, 6.07) is 6.82. The third-order valence-corrected chi connectivity index (χ3v) is 5.20. The maximum atomic E-state index is 13.0. The van der Waals surface area contributed by atoms with Crippen LogP contribution in [0.1, 0.15) is 13.8 Å². The van der Waals surface area contributed by atoms with Gasteiger partial charge in [-0.15, -0.1) is 24.8 Å². The smallest absolute Gasteiger partial charge is 0.239 e. The average Bonchev–Trinajstić information content (AvgIpc) is 2.62. The number of carbonyl (C=O) groups excluding carboxylic acids is 1. The van der Waals surface area contributed by atoms with E-state index in [0.29, 0.717) is 0 Å². The van der Waals surface area contributed by atoms with Crippen LogP contribution in [0, 0.1) is 5.82 Å². The molecule has 5 nitrogen and oxygen atoms in total. The molecule has 148 valence electrons. The van der Waals surface area contributed by atoms with Crippen LogP contribution in [0.25, 0.3) is 0 Å². The molecule has 2 aliphatic rings. The monoisotopic (exact) mass is 406 g/mol. The van der Waals surface area contributed by atoms with Gasteiger partial charge in [0.05, 0.1) is 6.04 Å². The second-order valence-electron chi connectivity index (χ2n) is 6.76. The van der Waals surface area contributed by atoms with Gasteiger partial charge < -0.3 is 15.1 Å². The van der Waals surface area contributed by atoms with Gasteiger partial charge in [0.15, 0.2) is 0 Å². The Balaban J connectivity index is 0.00000169. The van der Waals surface area contributed by atoms with E-state index in [9.17, 15) is 9.18 Å². The first-order chi connectivity index (χ1) is 11.6. The normalized spacial score (nSPS) is 22.2. The summed E-state index contributed by atoms with van der Waals surface area (Å²) in [6.45, 7) is 10.1. The van der Waals surface area contributed by atoms with Crippen molar-refractivity contribution in [1.29, 1.82) is 0 Å². The molecule has 0 aliphatic carbocycles. The molecule has 0 aromatic heterocycles. The SMILES string of the molecule is CC(C(=O)N1CCNCC1C)N1CCN(c2ccc(F)cc2)CC1.Cl.Cl. The van der Waals surface area contributed by atoms with Gasteiger partial charge in [0, 0.05) is 57.5 Å². The lowest BCUT2D eigenvalue weighted by Crippen LogP contribution is -2.59. The molecule has 1 amide bonds. The molecule has 2 heterocycles. The number of nitrogens with one attached hydrogen (secondary N) is 1. The Morgan fingerprint density at radius 2 is 1.73 bits per heavy atom. The summed E-state index contributed by atoms with van der Waals surface area (Å²) in [5, 5.41) is 3.32. The number of benzene rings is 1. The lowest BCUT2D eigenvalue weighted by molar-refractivity contribution is -0.139. The van der Waals surface area contributed by atoms with Crippen molar-refractivity contribution in [2.75, 3.05) is 50.7 Å². The zero-order valence-corrected chi connectivity index (χ0v) is 17.0. The molecule has 2 atom stereocenters. The van der Waals surface area contributed by atoms with E-state index in [4.69, 9.17) is 0 Å². The van der Waals surface area contributed by atoms with Gasteiger partial charge in [-0.2, -0.15) is 0 Å². The lowest BCUT2D eigenvalue weighted by Gasteiger charge is -2.42. The van der Waals surface area contributed by atoms with Crippen molar-refractivity contribution >= 4 is 36.4 Å². The number of nitrogens with zero attached hydrogens (tertiary/aromatic N) is 3. The predicted molar refractivity (Wildman–Crippen MR) is 108 cm³/mol. The molecule has 3 rings (SSSR count). The molecular formula is C18H29Cl2FN4O. The van der Waals surface area contributed by atoms with Crippen LogP contribution >= 0.6 is 24.8 Å². The van der Waals surface area contributed by atoms with Crippen molar-refractivity contribution in [2.45, 2.75) is 25.9 Å². The summed E-state index contributed by atoms with van der Waals surface area (Å²) >= 11 is 0. The Labute approximate surface area is 167 Å². The van der Waals surface area contributed by atoms with E-state index in [1.54, 1.807) is 0 Å². The maximum absolute atomic E-state index is 13.0. The van der Waals surface area contributed by atoms with Gasteiger partial charge >= 0.3 is 0 Å². The zero-order chi connectivity index (χ0) is 17.1. The van der Waals surface area contributed by atoms with Crippen molar-refractivity contribution < 1.29 is 9.18 Å². The van der Waals surface area contributed by atoms with E-state index in [0.717, 1.165) is 51.5 Å². The summed E-state index contributed by atoms with van der Waals surface area (Å²) < 4.78 is 13.0. The standard InChI is InChI=1S/C18H27FN4O.2ClH/c1-14-13-20-7-8-23(14)18(24)15(2)21-9-11-22(12-10-21)17-5-3-16(19)4-6-17;;/h3-6,14-15,20H,7-13H2,1-2H3;2*1H. The van der Waals surface area contributed by atoms with Crippen molar-refractivity contribution in [3.05, 3.63) is 30.1 Å². The molecule has 2 saturated heterocycles. The van der Waals surface area contributed by atoms with Crippen LogP contribution in [-0.4, -0.2) is 73.6 Å². The molecule has 1 N–H and O–H groups in total. The van der Waals surface area contributed by atoms with E-state index < -0.39 is 0 Å². The number of hydrogen-bond acceptors (Lipinski definition) is 4. The van der Waals surface area contributed by atoms with Crippen molar-refractivity contribution in [2.24, 2.45) is 0 Å². The summed E-state index contributed by atoms with van der Waals surface area (Å²) in [6.07, 6.45) is 0. The van der Waals surface area contributed by atoms with Crippen LogP contribution in [0.15, 0.2) is 24.3 Å². The van der Waals surface area contributed by atoms with Gasteiger partial charge in [-0.3, -0.25) is 9.69 Å². The van der Waals surface area contributed by atoms with Crippen LogP contribution in [0.3, 0.4) is 0 Å². The fourth-order valence-corrected chi connectivity index (χ4v) is 3.58. The number of amides is 1. The maximum Gasteiger partial charge on any atom is 0.239 e. The molecular weight excluding hydrogens is 378 g/mol. The second kappa shape index (κ2) is 10.3. The number of rotatable bonds is 3. The lowest BCUT2D eigenvalue weighted by atomic mass is 10.1. The summed E-state index contributed by atoms with van der Waals surface area (Å²) in [5.41, 5.74) is 1.05. The molecule has 2 fully saturated rings. The Kier molecular flexibility index (Phi) is 9.10. The van der Waals surface area contributed by atoms with E-state index in [1.165, 1.54) is 12.1 Å². The zero-order valence-electron chi connectivity index (χ0n) is 15.4. The van der Waals surface area contributed by atoms with Crippen molar-refractivity contribution in [3.63, 3.8) is 0 Å². The van der Waals surface area contributed by atoms with Crippen LogP contribution in [-0.2, 0) is 4.79 Å². The van der Waals surface area contributed by atoms with E-state index in [2.05, 4.69) is 22.0 Å². The largest absolute Gasteiger partial charge is 0.369 e. The van der Waals surface area contributed by atoms with Gasteiger partial charge in [-0.1, -0.05) is 0 Å². The Morgan fingerprint density at radius 3 is 2.31 bits per heavy atom. The first-order valence-electron chi connectivity index (χ1n) is 8.82. The van der Waals surface area contributed by atoms with Crippen LogP contribution in [0.5, 0.6) is 0 Å². The van der Waals surface area contributed by atoms with E-state index in [1.807, 2.05) is 24.0 Å². The Morgan fingerprint density at radius 1 is 1.12 bits per heavy atom. The molecule has 1 aromatic carbocycles. The number of piperazine rings is 2. The number of hydrogen-bond donors (Lipinski definition) is 1. The average molecular weight is 407 g/mol. The van der Waals surface area contributed by atoms with Crippen molar-refractivity contribution in [1.82, 2.24) is 15.1 Å². The highest BCUT2D eigenvalue weighted by Crippen LogP contribution is 2.18. The van der Waals surface area contributed by atoms with Gasteiger partial charge in [0.25, 0.3) is 0 Å². The van der Waals surface area contributed by atoms with E-state index in [-0.39, 0.29) is 48.6 Å². The number of carbonyl (C=O) groups is 1. The molecule has 0 bridgehead atoms. The highest BCUT2D eigenvalue weighted by molar-refractivity contribution is 5.85. The first kappa shape index (κ1) is 23.0. The minimum Gasteiger partial charge on any atom is -0.369 e. The van der Waals surface area contributed by atoms with Crippen LogP contribution in [0.2, 0.25) is 0 Å². The third-order valence-electron chi connectivity index (χ3n) is 5.20. The Hall–Kier alpha value is -1.08. The summed E-state index contributed by atoms with van der Waals surface area (Å²) in [4.78, 5) is 19.3. The highest BCUT2D eigenvalue weighted by Gasteiger charge is 2.31. The fraction of sp³-hybridized carbons (Fsp3) is 0.611. The van der Waals surface area contributed by atoms with Gasteiger partial charge in [0.1, 0.15) is 5.82 Å².